The second-order valence-corrected chi connectivity index (χ2v) is 1.92. The van der Waals surface area contributed by atoms with Gasteiger partial charge in [-0.3, -0.25) is 5.43 Å². The highest BCUT2D eigenvalue weighted by molar-refractivity contribution is 5.54. The average Bonchev–Trinajstić information content (AvgIpc) is 2.33. The van der Waals surface area contributed by atoms with Gasteiger partial charge in [0.15, 0.2) is 17.5 Å². The zero-order chi connectivity index (χ0) is 7.56. The molecule has 56 valence electrons. The lowest BCUT2D eigenvalue weighted by Gasteiger charge is -2.11. The summed E-state index contributed by atoms with van der Waals surface area (Å²) in [4.78, 5) is 10.2. The van der Waals surface area contributed by atoms with E-state index in [2.05, 4.69) is 10.5 Å². The van der Waals surface area contributed by atoms with E-state index >= 15 is 0 Å². The van der Waals surface area contributed by atoms with Crippen molar-refractivity contribution < 1.29 is 5.03 Å². The SMILES string of the molecule is CCC1NN=CN1[N+](=O)[O-]. The summed E-state index contributed by atoms with van der Waals surface area (Å²) in [6.45, 7) is 1.85. The van der Waals surface area contributed by atoms with Crippen LogP contribution in [0.5, 0.6) is 0 Å². The summed E-state index contributed by atoms with van der Waals surface area (Å²) < 4.78 is 0. The highest BCUT2D eigenvalue weighted by atomic mass is 16.7. The Labute approximate surface area is 57.6 Å². The first-order valence-electron chi connectivity index (χ1n) is 2.97. The third-order valence-electron chi connectivity index (χ3n) is 1.29. The number of hydrogen-bond acceptors (Lipinski definition) is 4. The summed E-state index contributed by atoms with van der Waals surface area (Å²) in [6, 6.07) is 0. The Bertz CT molecular complexity index is 169. The molecule has 0 aromatic carbocycles. The molecular formula is C4H8N4O2. The van der Waals surface area contributed by atoms with Crippen LogP contribution in [0.2, 0.25) is 0 Å². The molecule has 0 bridgehead atoms. The third-order valence-corrected chi connectivity index (χ3v) is 1.29. The molecule has 1 atom stereocenters. The Morgan fingerprint density at radius 2 is 2.70 bits per heavy atom. The Morgan fingerprint density at radius 1 is 2.00 bits per heavy atom. The molecule has 0 aromatic heterocycles. The van der Waals surface area contributed by atoms with Crippen molar-refractivity contribution in [2.75, 3.05) is 0 Å². The lowest BCUT2D eigenvalue weighted by molar-refractivity contribution is -0.635. The first-order valence-corrected chi connectivity index (χ1v) is 2.97. The van der Waals surface area contributed by atoms with Gasteiger partial charge in [-0.2, -0.15) is 5.10 Å². The maximum absolute atomic E-state index is 10.2. The van der Waals surface area contributed by atoms with Gasteiger partial charge in [-0.25, -0.2) is 10.1 Å². The fourth-order valence-corrected chi connectivity index (χ4v) is 0.752. The number of rotatable bonds is 2. The highest BCUT2D eigenvalue weighted by Gasteiger charge is 2.26. The molecule has 0 radical (unpaired) electrons. The van der Waals surface area contributed by atoms with Crippen molar-refractivity contribution in [3.05, 3.63) is 10.1 Å². The van der Waals surface area contributed by atoms with E-state index in [0.29, 0.717) is 6.42 Å². The first-order chi connectivity index (χ1) is 4.75. The number of hydrogen-bond donors (Lipinski definition) is 1. The molecule has 1 N–H and O–H groups in total. The fraction of sp³-hybridized carbons (Fsp3) is 0.750. The van der Waals surface area contributed by atoms with Gasteiger partial charge in [0.1, 0.15) is 0 Å². The van der Waals surface area contributed by atoms with Crippen LogP contribution in [0.15, 0.2) is 5.10 Å². The molecule has 0 spiro atoms. The van der Waals surface area contributed by atoms with Gasteiger partial charge in [0.25, 0.3) is 0 Å². The number of nitrogens with zero attached hydrogens (tertiary/aromatic N) is 3. The van der Waals surface area contributed by atoms with E-state index in [-0.39, 0.29) is 6.17 Å². The molecule has 10 heavy (non-hydrogen) atoms. The minimum Gasteiger partial charge on any atom is -0.280 e. The van der Waals surface area contributed by atoms with Crippen LogP contribution in [0.25, 0.3) is 0 Å². The zero-order valence-electron chi connectivity index (χ0n) is 5.52. The quantitative estimate of drug-likeness (QED) is 0.429. The van der Waals surface area contributed by atoms with Crippen LogP contribution >= 0.6 is 0 Å². The van der Waals surface area contributed by atoms with Gasteiger partial charge in [0.05, 0.1) is 0 Å². The molecule has 0 fully saturated rings. The van der Waals surface area contributed by atoms with Gasteiger partial charge in [-0.1, -0.05) is 11.9 Å². The molecule has 1 aliphatic heterocycles. The van der Waals surface area contributed by atoms with E-state index in [4.69, 9.17) is 0 Å². The number of nitrogens with one attached hydrogen (secondary N) is 1. The van der Waals surface area contributed by atoms with Crippen molar-refractivity contribution in [2.24, 2.45) is 5.10 Å². The average molecular weight is 144 g/mol. The molecule has 1 unspecified atom stereocenters. The molecule has 1 heterocycles. The standard InChI is InChI=1S/C4H8N4O2/c1-2-4-6-5-3-7(4)8(9)10/h3-4,6H,2H2,1H3. The highest BCUT2D eigenvalue weighted by Crippen LogP contribution is 2.02. The van der Waals surface area contributed by atoms with Crippen molar-refractivity contribution in [2.45, 2.75) is 19.5 Å². The minimum atomic E-state index is -0.488. The van der Waals surface area contributed by atoms with Crippen LogP contribution in [-0.2, 0) is 0 Å². The minimum absolute atomic E-state index is 0.282. The van der Waals surface area contributed by atoms with E-state index < -0.39 is 5.03 Å². The summed E-state index contributed by atoms with van der Waals surface area (Å²) in [5.41, 5.74) is 2.59. The Morgan fingerprint density at radius 3 is 3.10 bits per heavy atom. The van der Waals surface area contributed by atoms with Crippen molar-refractivity contribution in [1.29, 1.82) is 0 Å². The maximum Gasteiger partial charge on any atom is 0.180 e. The lowest BCUT2D eigenvalue weighted by atomic mass is 10.4. The third kappa shape index (κ3) is 0.996. The summed E-state index contributed by atoms with van der Waals surface area (Å²) in [5, 5.41) is 14.2. The molecule has 1 rings (SSSR count). The smallest absolute Gasteiger partial charge is 0.180 e. The second-order valence-electron chi connectivity index (χ2n) is 1.92. The second kappa shape index (κ2) is 2.51. The van der Waals surface area contributed by atoms with Crippen LogP contribution in [0, 0.1) is 10.1 Å². The molecule has 6 heteroatoms. The van der Waals surface area contributed by atoms with Crippen LogP contribution in [0.3, 0.4) is 0 Å². The zero-order valence-corrected chi connectivity index (χ0v) is 5.52. The predicted molar refractivity (Wildman–Crippen MR) is 34.5 cm³/mol. The van der Waals surface area contributed by atoms with Gasteiger partial charge >= 0.3 is 0 Å². The summed E-state index contributed by atoms with van der Waals surface area (Å²) >= 11 is 0. The predicted octanol–water partition coefficient (Wildman–Crippen LogP) is -0.237. The van der Waals surface area contributed by atoms with Crippen molar-refractivity contribution in [3.63, 3.8) is 0 Å². The van der Waals surface area contributed by atoms with Gasteiger partial charge in [-0.05, 0) is 6.42 Å². The number of hydrazine groups is 1. The van der Waals surface area contributed by atoms with E-state index in [1.807, 2.05) is 6.92 Å². The normalized spacial score (nSPS) is 22.9. The van der Waals surface area contributed by atoms with Crippen LogP contribution in [0.1, 0.15) is 13.3 Å². The molecule has 0 saturated heterocycles. The Kier molecular flexibility index (Phi) is 1.70. The molecule has 0 aromatic rings. The summed E-state index contributed by atoms with van der Waals surface area (Å²) in [6.07, 6.45) is 1.55. The first kappa shape index (κ1) is 6.79. The monoisotopic (exact) mass is 144 g/mol. The van der Waals surface area contributed by atoms with Crippen LogP contribution in [0.4, 0.5) is 0 Å². The fourth-order valence-electron chi connectivity index (χ4n) is 0.752. The number of hydrazone groups is 1. The lowest BCUT2D eigenvalue weighted by Crippen LogP contribution is -2.39. The Hall–Kier alpha value is -1.33. The molecule has 6 nitrogen and oxygen atoms in total. The van der Waals surface area contributed by atoms with E-state index in [9.17, 15) is 10.1 Å². The van der Waals surface area contributed by atoms with Crippen molar-refractivity contribution >= 4 is 6.34 Å². The van der Waals surface area contributed by atoms with Gasteiger partial charge in [0.2, 0.25) is 0 Å². The van der Waals surface area contributed by atoms with Gasteiger partial charge < -0.3 is 0 Å². The van der Waals surface area contributed by atoms with E-state index in [1.54, 1.807) is 0 Å². The topological polar surface area (TPSA) is 70.8 Å². The Balaban J connectivity index is 2.57. The van der Waals surface area contributed by atoms with Crippen LogP contribution in [-0.4, -0.2) is 22.5 Å². The molecule has 0 aliphatic carbocycles. The van der Waals surface area contributed by atoms with Crippen LogP contribution < -0.4 is 5.43 Å². The molecule has 0 saturated carbocycles. The van der Waals surface area contributed by atoms with E-state index in [1.165, 1.54) is 6.34 Å². The largest absolute Gasteiger partial charge is 0.280 e. The summed E-state index contributed by atoms with van der Waals surface area (Å²) in [5.74, 6) is 0. The molecule has 1 aliphatic rings. The van der Waals surface area contributed by atoms with Crippen molar-refractivity contribution in [3.8, 4) is 0 Å². The van der Waals surface area contributed by atoms with E-state index in [0.717, 1.165) is 5.01 Å². The molecular weight excluding hydrogens is 136 g/mol. The van der Waals surface area contributed by atoms with Gasteiger partial charge in [-0.15, -0.1) is 0 Å². The van der Waals surface area contributed by atoms with Crippen molar-refractivity contribution in [1.82, 2.24) is 10.4 Å². The number of nitro groups is 1. The molecule has 0 amide bonds. The van der Waals surface area contributed by atoms with Gasteiger partial charge in [0, 0.05) is 0 Å². The summed E-state index contributed by atoms with van der Waals surface area (Å²) in [7, 11) is 0. The maximum atomic E-state index is 10.2.